The number of nitrogens with one attached hydrogen (secondary N) is 1. The summed E-state index contributed by atoms with van der Waals surface area (Å²) in [5, 5.41) is 3.41. The molecule has 0 aromatic carbocycles. The van der Waals surface area contributed by atoms with E-state index in [1.54, 1.807) is 24.6 Å². The van der Waals surface area contributed by atoms with Gasteiger partial charge in [0.2, 0.25) is 5.88 Å². The molecule has 0 bridgehead atoms. The molecule has 5 nitrogen and oxygen atoms in total. The Labute approximate surface area is 123 Å². The van der Waals surface area contributed by atoms with E-state index in [4.69, 9.17) is 9.47 Å². The predicted octanol–water partition coefficient (Wildman–Crippen LogP) is 3.04. The van der Waals surface area contributed by atoms with Crippen LogP contribution in [0.15, 0.2) is 23.8 Å². The summed E-state index contributed by atoms with van der Waals surface area (Å²) in [6.07, 6.45) is 1.77. The van der Waals surface area contributed by atoms with Gasteiger partial charge >= 0.3 is 0 Å². The Hall–Kier alpha value is -1.66. The Morgan fingerprint density at radius 1 is 1.30 bits per heavy atom. The van der Waals surface area contributed by atoms with Crippen LogP contribution in [0.25, 0.3) is 0 Å². The van der Waals surface area contributed by atoms with Crippen molar-refractivity contribution >= 4 is 17.0 Å². The highest BCUT2D eigenvalue weighted by Gasteiger charge is 2.10. The number of hydrogen-bond donors (Lipinski definition) is 1. The summed E-state index contributed by atoms with van der Waals surface area (Å²) in [4.78, 5) is 9.76. The van der Waals surface area contributed by atoms with Crippen LogP contribution < -0.4 is 10.1 Å². The summed E-state index contributed by atoms with van der Waals surface area (Å²) in [6.45, 7) is 5.20. The molecule has 0 aliphatic heterocycles. The average Bonchev–Trinajstić information content (AvgIpc) is 2.87. The maximum Gasteiger partial charge on any atom is 0.213 e. The van der Waals surface area contributed by atoms with E-state index in [-0.39, 0.29) is 6.04 Å². The van der Waals surface area contributed by atoms with E-state index in [0.717, 1.165) is 11.4 Å². The molecule has 1 unspecified atom stereocenters. The molecule has 0 amide bonds. The van der Waals surface area contributed by atoms with Crippen LogP contribution in [0.4, 0.5) is 5.69 Å². The van der Waals surface area contributed by atoms with Crippen LogP contribution in [0.3, 0.4) is 0 Å². The van der Waals surface area contributed by atoms with Crippen LogP contribution in [0.5, 0.6) is 5.88 Å². The Kier molecular flexibility index (Phi) is 5.31. The van der Waals surface area contributed by atoms with Crippen LogP contribution in [-0.4, -0.2) is 30.3 Å². The normalized spacial score (nSPS) is 12.2. The molecular formula is C14H19N3O2S. The van der Waals surface area contributed by atoms with Gasteiger partial charge < -0.3 is 14.8 Å². The van der Waals surface area contributed by atoms with Gasteiger partial charge in [0.25, 0.3) is 0 Å². The molecule has 2 heterocycles. The first kappa shape index (κ1) is 14.7. The predicted molar refractivity (Wildman–Crippen MR) is 80.5 cm³/mol. The van der Waals surface area contributed by atoms with Crippen LogP contribution in [0.2, 0.25) is 0 Å². The zero-order chi connectivity index (χ0) is 14.4. The number of hydrogen-bond acceptors (Lipinski definition) is 6. The molecule has 0 fully saturated rings. The summed E-state index contributed by atoms with van der Waals surface area (Å²) in [5.74, 6) is 0.606. The maximum atomic E-state index is 5.43. The van der Waals surface area contributed by atoms with Crippen LogP contribution in [-0.2, 0) is 4.74 Å². The third-order valence-electron chi connectivity index (χ3n) is 2.83. The van der Waals surface area contributed by atoms with E-state index in [9.17, 15) is 0 Å². The van der Waals surface area contributed by atoms with Crippen molar-refractivity contribution in [1.29, 1.82) is 0 Å². The van der Waals surface area contributed by atoms with Crippen LogP contribution in [0.1, 0.15) is 23.5 Å². The molecule has 1 N–H and O–H groups in total. The Morgan fingerprint density at radius 2 is 2.15 bits per heavy atom. The monoisotopic (exact) mass is 293 g/mol. The second kappa shape index (κ2) is 7.21. The second-order valence-corrected chi connectivity index (χ2v) is 5.28. The van der Waals surface area contributed by atoms with E-state index in [2.05, 4.69) is 22.2 Å². The lowest BCUT2D eigenvalue weighted by Crippen LogP contribution is -2.08. The lowest BCUT2D eigenvalue weighted by atomic mass is 10.2. The van der Waals surface area contributed by atoms with E-state index in [1.807, 2.05) is 24.6 Å². The fourth-order valence-electron chi connectivity index (χ4n) is 1.82. The van der Waals surface area contributed by atoms with Crippen LogP contribution in [0, 0.1) is 6.92 Å². The first-order chi connectivity index (χ1) is 9.70. The highest BCUT2D eigenvalue weighted by Crippen LogP contribution is 2.25. The number of nitrogens with zero attached hydrogens (tertiary/aromatic N) is 2. The van der Waals surface area contributed by atoms with Gasteiger partial charge in [-0.25, -0.2) is 9.97 Å². The number of pyridine rings is 1. The fourth-order valence-corrected chi connectivity index (χ4v) is 2.63. The molecular weight excluding hydrogens is 274 g/mol. The lowest BCUT2D eigenvalue weighted by Gasteiger charge is -2.14. The number of aromatic nitrogens is 2. The molecule has 2 aromatic heterocycles. The van der Waals surface area contributed by atoms with Crippen molar-refractivity contribution in [2.24, 2.45) is 0 Å². The highest BCUT2D eigenvalue weighted by atomic mass is 32.1. The minimum atomic E-state index is 0.213. The van der Waals surface area contributed by atoms with Gasteiger partial charge in [-0.2, -0.15) is 0 Å². The van der Waals surface area contributed by atoms with E-state index >= 15 is 0 Å². The molecule has 0 radical (unpaired) electrons. The summed E-state index contributed by atoms with van der Waals surface area (Å²) in [7, 11) is 1.65. The van der Waals surface area contributed by atoms with Crippen molar-refractivity contribution in [2.75, 3.05) is 25.6 Å². The van der Waals surface area contributed by atoms with Crippen molar-refractivity contribution in [1.82, 2.24) is 9.97 Å². The van der Waals surface area contributed by atoms with Crippen molar-refractivity contribution in [2.45, 2.75) is 19.9 Å². The number of anilines is 1. The number of methoxy groups -OCH3 is 1. The van der Waals surface area contributed by atoms with Crippen molar-refractivity contribution in [3.05, 3.63) is 34.4 Å². The minimum Gasteiger partial charge on any atom is -0.475 e. The van der Waals surface area contributed by atoms with Gasteiger partial charge in [-0.3, -0.25) is 0 Å². The van der Waals surface area contributed by atoms with Gasteiger partial charge in [-0.1, -0.05) is 0 Å². The summed E-state index contributed by atoms with van der Waals surface area (Å²) < 4.78 is 10.3. The molecule has 0 spiro atoms. The Morgan fingerprint density at radius 3 is 2.75 bits per heavy atom. The molecule has 0 saturated heterocycles. The minimum absolute atomic E-state index is 0.213. The smallest absolute Gasteiger partial charge is 0.213 e. The first-order valence-electron chi connectivity index (χ1n) is 6.45. The van der Waals surface area contributed by atoms with E-state index in [1.165, 1.54) is 4.88 Å². The topological polar surface area (TPSA) is 56.3 Å². The van der Waals surface area contributed by atoms with Gasteiger partial charge in [-0.15, -0.1) is 11.3 Å². The van der Waals surface area contributed by atoms with Gasteiger partial charge in [0.1, 0.15) is 6.61 Å². The van der Waals surface area contributed by atoms with E-state index < -0.39 is 0 Å². The first-order valence-corrected chi connectivity index (χ1v) is 7.33. The standard InChI is InChI=1S/C14H19N3O2S/c1-10-14(20-9-16-10)11(2)17-12-4-5-13(15-8-12)19-7-6-18-3/h4-5,8-9,11,17H,6-7H2,1-3H3. The maximum absolute atomic E-state index is 5.43. The molecule has 0 saturated carbocycles. The van der Waals surface area contributed by atoms with Crippen molar-refractivity contribution in [3.8, 4) is 5.88 Å². The largest absolute Gasteiger partial charge is 0.475 e. The van der Waals surface area contributed by atoms with Crippen molar-refractivity contribution in [3.63, 3.8) is 0 Å². The van der Waals surface area contributed by atoms with Gasteiger partial charge in [0.15, 0.2) is 0 Å². The molecule has 1 atom stereocenters. The zero-order valence-corrected chi connectivity index (χ0v) is 12.7. The number of rotatable bonds is 7. The third-order valence-corrected chi connectivity index (χ3v) is 3.95. The average molecular weight is 293 g/mol. The molecule has 108 valence electrons. The molecule has 20 heavy (non-hydrogen) atoms. The summed E-state index contributed by atoms with van der Waals surface area (Å²) >= 11 is 1.66. The number of ether oxygens (including phenoxy) is 2. The fraction of sp³-hybridized carbons (Fsp3) is 0.429. The number of thiazole rings is 1. The summed E-state index contributed by atoms with van der Waals surface area (Å²) in [5.41, 5.74) is 3.90. The third kappa shape index (κ3) is 3.91. The van der Waals surface area contributed by atoms with Gasteiger partial charge in [-0.05, 0) is 19.9 Å². The van der Waals surface area contributed by atoms with Gasteiger partial charge in [0, 0.05) is 18.1 Å². The lowest BCUT2D eigenvalue weighted by molar-refractivity contribution is 0.144. The SMILES string of the molecule is COCCOc1ccc(NC(C)c2scnc2C)cn1. The van der Waals surface area contributed by atoms with E-state index in [0.29, 0.717) is 19.1 Å². The molecule has 2 rings (SSSR count). The molecule has 2 aromatic rings. The van der Waals surface area contributed by atoms with Crippen LogP contribution >= 0.6 is 11.3 Å². The second-order valence-electron chi connectivity index (χ2n) is 4.39. The quantitative estimate of drug-likeness (QED) is 0.795. The molecule has 0 aliphatic rings. The van der Waals surface area contributed by atoms with Crippen molar-refractivity contribution < 1.29 is 9.47 Å². The Bertz CT molecular complexity index is 527. The molecule has 0 aliphatic carbocycles. The number of aryl methyl sites for hydroxylation is 1. The summed E-state index contributed by atoms with van der Waals surface area (Å²) in [6, 6.07) is 4.02. The highest BCUT2D eigenvalue weighted by molar-refractivity contribution is 7.09. The van der Waals surface area contributed by atoms with Gasteiger partial charge in [0.05, 0.1) is 35.7 Å². The Balaban J connectivity index is 1.92. The molecule has 6 heteroatoms. The zero-order valence-electron chi connectivity index (χ0n) is 11.9.